The topological polar surface area (TPSA) is 0 Å². The van der Waals surface area contributed by atoms with E-state index in [9.17, 15) is 0 Å². The van der Waals surface area contributed by atoms with Gasteiger partial charge in [-0.2, -0.15) is 0 Å². The molecule has 0 radical (unpaired) electrons. The van der Waals surface area contributed by atoms with E-state index >= 15 is 0 Å². The maximum atomic E-state index is 5.68. The first-order valence-electron chi connectivity index (χ1n) is 3.27. The summed E-state index contributed by atoms with van der Waals surface area (Å²) in [5.74, 6) is 0. The quantitative estimate of drug-likeness (QED) is 0.649. The zero-order valence-electron chi connectivity index (χ0n) is 5.88. The Morgan fingerprint density at radius 2 is 1.50 bits per heavy atom. The van der Waals surface area contributed by atoms with Crippen LogP contribution in [0.5, 0.6) is 0 Å². The molecule has 1 aliphatic rings. The fourth-order valence-corrected chi connectivity index (χ4v) is 3.52. The average Bonchev–Trinajstić information content (AvgIpc) is 2.46. The van der Waals surface area contributed by atoms with E-state index in [1.165, 1.54) is 9.79 Å². The molecule has 1 aromatic carbocycles. The minimum atomic E-state index is 0.362. The molecular weight excluding hydrogens is 231 g/mol. The second kappa shape index (κ2) is 3.54. The number of thioether (sulfide) groups is 2. The number of halogens is 2. The molecule has 0 fully saturated rings. The Kier molecular flexibility index (Phi) is 2.60. The molecule has 0 nitrogen and oxygen atoms in total. The van der Waals surface area contributed by atoms with E-state index in [2.05, 4.69) is 12.1 Å². The first-order valence-corrected chi connectivity index (χ1v) is 5.66. The molecule has 1 heterocycles. The van der Waals surface area contributed by atoms with Gasteiger partial charge in [-0.1, -0.05) is 58.9 Å². The molecule has 0 bridgehead atoms. The highest BCUT2D eigenvalue weighted by Gasteiger charge is 2.18. The molecule has 1 aliphatic heterocycles. The van der Waals surface area contributed by atoms with E-state index < -0.39 is 0 Å². The number of rotatable bonds is 0. The molecule has 0 aromatic heterocycles. The Labute approximate surface area is 89.3 Å². The SMILES string of the molecule is ClC(Cl)=C1Sc2ccccc2S1. The summed E-state index contributed by atoms with van der Waals surface area (Å²) in [6.07, 6.45) is 0. The van der Waals surface area contributed by atoms with Crippen LogP contribution in [-0.2, 0) is 0 Å². The van der Waals surface area contributed by atoms with Crippen molar-refractivity contribution in [3.05, 3.63) is 33.0 Å². The fraction of sp³-hybridized carbons (Fsp3) is 0. The Bertz CT molecular complexity index is 316. The predicted octanol–water partition coefficient (Wildman–Crippen LogP) is 4.49. The van der Waals surface area contributed by atoms with Gasteiger partial charge in [-0.3, -0.25) is 0 Å². The van der Waals surface area contributed by atoms with Crippen LogP contribution >= 0.6 is 46.7 Å². The van der Waals surface area contributed by atoms with Crippen LogP contribution in [-0.4, -0.2) is 0 Å². The maximum Gasteiger partial charge on any atom is 0.127 e. The van der Waals surface area contributed by atoms with Crippen molar-refractivity contribution < 1.29 is 0 Å². The lowest BCUT2D eigenvalue weighted by Crippen LogP contribution is -1.65. The second-order valence-electron chi connectivity index (χ2n) is 2.20. The lowest BCUT2D eigenvalue weighted by molar-refractivity contribution is 1.27. The molecule has 12 heavy (non-hydrogen) atoms. The summed E-state index contributed by atoms with van der Waals surface area (Å²) in [5, 5.41) is 0. The zero-order valence-corrected chi connectivity index (χ0v) is 9.03. The lowest BCUT2D eigenvalue weighted by atomic mass is 10.4. The third kappa shape index (κ3) is 1.62. The molecule has 0 amide bonds. The first kappa shape index (κ1) is 8.82. The van der Waals surface area contributed by atoms with Gasteiger partial charge in [-0.25, -0.2) is 0 Å². The highest BCUT2D eigenvalue weighted by atomic mass is 35.5. The van der Waals surface area contributed by atoms with Gasteiger partial charge in [0.25, 0.3) is 0 Å². The third-order valence-electron chi connectivity index (χ3n) is 1.41. The Hall–Kier alpha value is 0.240. The summed E-state index contributed by atoms with van der Waals surface area (Å²) in [4.78, 5) is 2.47. The highest BCUT2D eigenvalue weighted by Crippen LogP contribution is 2.53. The van der Waals surface area contributed by atoms with Crippen LogP contribution < -0.4 is 0 Å². The lowest BCUT2D eigenvalue weighted by Gasteiger charge is -1.90. The Morgan fingerprint density at radius 3 is 1.92 bits per heavy atom. The average molecular weight is 235 g/mol. The molecule has 0 aliphatic carbocycles. The largest absolute Gasteiger partial charge is 0.127 e. The van der Waals surface area contributed by atoms with Gasteiger partial charge in [0.2, 0.25) is 0 Å². The summed E-state index contributed by atoms with van der Waals surface area (Å²) >= 11 is 14.6. The fourth-order valence-electron chi connectivity index (χ4n) is 0.917. The monoisotopic (exact) mass is 234 g/mol. The van der Waals surface area contributed by atoms with Gasteiger partial charge in [0.05, 0.1) is 4.24 Å². The Balaban J connectivity index is 2.40. The maximum absolute atomic E-state index is 5.68. The van der Waals surface area contributed by atoms with Gasteiger partial charge in [0.1, 0.15) is 4.49 Å². The molecule has 0 atom stereocenters. The number of fused-ring (bicyclic) bond motifs is 1. The second-order valence-corrected chi connectivity index (χ2v) is 5.51. The van der Waals surface area contributed by atoms with Crippen molar-refractivity contribution >= 4 is 46.7 Å². The van der Waals surface area contributed by atoms with Gasteiger partial charge in [0, 0.05) is 9.79 Å². The van der Waals surface area contributed by atoms with Crippen molar-refractivity contribution in [2.75, 3.05) is 0 Å². The van der Waals surface area contributed by atoms with Crippen LogP contribution in [0.1, 0.15) is 0 Å². The van der Waals surface area contributed by atoms with Crippen molar-refractivity contribution in [1.29, 1.82) is 0 Å². The van der Waals surface area contributed by atoms with Crippen LogP contribution in [0.2, 0.25) is 0 Å². The molecule has 1 aromatic rings. The van der Waals surface area contributed by atoms with Gasteiger partial charge in [-0.15, -0.1) is 0 Å². The third-order valence-corrected chi connectivity index (χ3v) is 4.80. The standard InChI is InChI=1S/C8H4Cl2S2/c9-7(10)8-11-5-3-1-2-4-6(5)12-8/h1-4H. The number of benzene rings is 1. The molecule has 0 saturated heterocycles. The summed E-state index contributed by atoms with van der Waals surface area (Å²) in [7, 11) is 0. The van der Waals surface area contributed by atoms with Gasteiger partial charge in [-0.05, 0) is 12.1 Å². The molecule has 0 spiro atoms. The van der Waals surface area contributed by atoms with Crippen LogP contribution in [0.4, 0.5) is 0 Å². The van der Waals surface area contributed by atoms with E-state index in [1.807, 2.05) is 12.1 Å². The highest BCUT2D eigenvalue weighted by molar-refractivity contribution is 8.24. The summed E-state index contributed by atoms with van der Waals surface area (Å²) < 4.78 is 1.33. The van der Waals surface area contributed by atoms with Gasteiger partial charge in [0.15, 0.2) is 0 Å². The van der Waals surface area contributed by atoms with E-state index in [4.69, 9.17) is 23.2 Å². The molecular formula is C8H4Cl2S2. The molecule has 0 saturated carbocycles. The van der Waals surface area contributed by atoms with Crippen LogP contribution in [0.25, 0.3) is 0 Å². The van der Waals surface area contributed by atoms with Crippen molar-refractivity contribution in [3.63, 3.8) is 0 Å². The molecule has 0 unspecified atom stereocenters. The van der Waals surface area contributed by atoms with Crippen LogP contribution in [0, 0.1) is 0 Å². The van der Waals surface area contributed by atoms with Crippen LogP contribution in [0.3, 0.4) is 0 Å². The zero-order chi connectivity index (χ0) is 8.55. The molecule has 0 N–H and O–H groups in total. The predicted molar refractivity (Wildman–Crippen MR) is 56.9 cm³/mol. The molecule has 62 valence electrons. The molecule has 2 rings (SSSR count). The summed E-state index contributed by atoms with van der Waals surface area (Å²) in [6, 6.07) is 8.16. The Morgan fingerprint density at radius 1 is 1.00 bits per heavy atom. The minimum Gasteiger partial charge on any atom is -0.0790 e. The van der Waals surface area contributed by atoms with Crippen molar-refractivity contribution in [2.24, 2.45) is 0 Å². The van der Waals surface area contributed by atoms with Crippen LogP contribution in [0.15, 0.2) is 42.8 Å². The van der Waals surface area contributed by atoms with Crippen molar-refractivity contribution in [3.8, 4) is 0 Å². The normalized spacial score (nSPS) is 14.7. The van der Waals surface area contributed by atoms with Crippen molar-refractivity contribution in [1.82, 2.24) is 0 Å². The summed E-state index contributed by atoms with van der Waals surface area (Å²) in [6.45, 7) is 0. The molecule has 4 heteroatoms. The van der Waals surface area contributed by atoms with Crippen molar-refractivity contribution in [2.45, 2.75) is 9.79 Å². The first-order chi connectivity index (χ1) is 5.77. The van der Waals surface area contributed by atoms with E-state index in [1.54, 1.807) is 23.5 Å². The van der Waals surface area contributed by atoms with E-state index in [-0.39, 0.29) is 0 Å². The number of hydrogen-bond acceptors (Lipinski definition) is 2. The summed E-state index contributed by atoms with van der Waals surface area (Å²) in [5.41, 5.74) is 0. The van der Waals surface area contributed by atoms with Gasteiger partial charge < -0.3 is 0 Å². The van der Waals surface area contributed by atoms with Gasteiger partial charge >= 0.3 is 0 Å². The van der Waals surface area contributed by atoms with E-state index in [0.717, 1.165) is 4.24 Å². The minimum absolute atomic E-state index is 0.362. The number of hydrogen-bond donors (Lipinski definition) is 0. The van der Waals surface area contributed by atoms with E-state index in [0.29, 0.717) is 4.49 Å². The smallest absolute Gasteiger partial charge is 0.0790 e.